The van der Waals surface area contributed by atoms with Crippen molar-refractivity contribution in [1.29, 1.82) is 5.26 Å². The Morgan fingerprint density at radius 3 is 3.00 bits per heavy atom. The summed E-state index contributed by atoms with van der Waals surface area (Å²) in [6.07, 6.45) is 3.29. The third-order valence-corrected chi connectivity index (χ3v) is 2.82. The minimum atomic E-state index is -0.644. The largest absolute Gasteiger partial charge is 0.462 e. The lowest BCUT2D eigenvalue weighted by molar-refractivity contribution is -0.137. The lowest BCUT2D eigenvalue weighted by Crippen LogP contribution is -2.06. The van der Waals surface area contributed by atoms with Gasteiger partial charge in [-0.3, -0.25) is 4.40 Å². The Labute approximate surface area is 122 Å². The van der Waals surface area contributed by atoms with Crippen LogP contribution in [0.1, 0.15) is 18.3 Å². The Morgan fingerprint density at radius 1 is 1.52 bits per heavy atom. The summed E-state index contributed by atoms with van der Waals surface area (Å²) in [5.41, 5.74) is 1.94. The van der Waals surface area contributed by atoms with E-state index in [1.54, 1.807) is 18.4 Å². The molecule has 0 unspecified atom stereocenters. The monoisotopic (exact) mass is 285 g/mol. The van der Waals surface area contributed by atoms with E-state index in [-0.39, 0.29) is 18.8 Å². The topological polar surface area (TPSA) is 76.6 Å². The molecule has 0 aliphatic rings. The van der Waals surface area contributed by atoms with E-state index in [1.807, 2.05) is 30.5 Å². The average molecular weight is 285 g/mol. The number of fused-ring (bicyclic) bond motifs is 1. The summed E-state index contributed by atoms with van der Waals surface area (Å²) < 4.78 is 11.8. The van der Waals surface area contributed by atoms with E-state index in [1.165, 1.54) is 6.08 Å². The molecule has 0 N–H and O–H groups in total. The maximum Gasteiger partial charge on any atom is 0.348 e. The van der Waals surface area contributed by atoms with Crippen molar-refractivity contribution < 1.29 is 14.3 Å². The van der Waals surface area contributed by atoms with E-state index < -0.39 is 5.97 Å². The standard InChI is InChI=1S/C15H15N3O3/c1-3-21-15(19)11(9-16)8-13-12(10-20-2)17-14-6-4-5-7-18(13)14/h4-8H,3,10H2,1-2H3. The Kier molecular flexibility index (Phi) is 4.69. The molecular weight excluding hydrogens is 270 g/mol. The van der Waals surface area contributed by atoms with Crippen LogP contribution in [0.15, 0.2) is 30.0 Å². The smallest absolute Gasteiger partial charge is 0.348 e. The predicted molar refractivity (Wildman–Crippen MR) is 76.1 cm³/mol. The molecule has 108 valence electrons. The number of hydrogen-bond acceptors (Lipinski definition) is 5. The van der Waals surface area contributed by atoms with Crippen LogP contribution in [0.5, 0.6) is 0 Å². The molecule has 6 heteroatoms. The number of rotatable bonds is 5. The molecule has 0 spiro atoms. The van der Waals surface area contributed by atoms with Crippen molar-refractivity contribution in [3.8, 4) is 6.07 Å². The molecule has 0 saturated carbocycles. The van der Waals surface area contributed by atoms with Gasteiger partial charge in [0.25, 0.3) is 0 Å². The quantitative estimate of drug-likeness (QED) is 0.477. The molecule has 2 aromatic heterocycles. The Balaban J connectivity index is 2.55. The molecule has 0 fully saturated rings. The van der Waals surface area contributed by atoms with Crippen LogP contribution in [0, 0.1) is 11.3 Å². The zero-order valence-corrected chi connectivity index (χ0v) is 11.9. The summed E-state index contributed by atoms with van der Waals surface area (Å²) in [6.45, 7) is 2.20. The number of aromatic nitrogens is 2. The lowest BCUT2D eigenvalue weighted by atomic mass is 10.2. The van der Waals surface area contributed by atoms with Crippen LogP contribution in [0.2, 0.25) is 0 Å². The summed E-state index contributed by atoms with van der Waals surface area (Å²) in [7, 11) is 1.56. The maximum atomic E-state index is 11.7. The van der Waals surface area contributed by atoms with Crippen molar-refractivity contribution in [3.63, 3.8) is 0 Å². The summed E-state index contributed by atoms with van der Waals surface area (Å²) in [5, 5.41) is 9.13. The third-order valence-electron chi connectivity index (χ3n) is 2.82. The number of pyridine rings is 1. The SMILES string of the molecule is CCOC(=O)C(C#N)=Cc1c(COC)nc2ccccn12. The summed E-state index contributed by atoms with van der Waals surface area (Å²) in [4.78, 5) is 16.2. The lowest BCUT2D eigenvalue weighted by Gasteiger charge is -2.02. The molecule has 2 rings (SSSR count). The summed E-state index contributed by atoms with van der Waals surface area (Å²) >= 11 is 0. The fourth-order valence-corrected chi connectivity index (χ4v) is 1.94. The highest BCUT2D eigenvalue weighted by Crippen LogP contribution is 2.17. The van der Waals surface area contributed by atoms with Gasteiger partial charge in [0, 0.05) is 13.3 Å². The molecule has 2 aromatic rings. The van der Waals surface area contributed by atoms with Gasteiger partial charge in [-0.05, 0) is 25.1 Å². The van der Waals surface area contributed by atoms with Crippen LogP contribution in [-0.4, -0.2) is 29.1 Å². The van der Waals surface area contributed by atoms with Crippen LogP contribution in [-0.2, 0) is 20.9 Å². The zero-order chi connectivity index (χ0) is 15.2. The fourth-order valence-electron chi connectivity index (χ4n) is 1.94. The normalized spacial score (nSPS) is 11.4. The van der Waals surface area contributed by atoms with Gasteiger partial charge in [-0.15, -0.1) is 0 Å². The minimum Gasteiger partial charge on any atom is -0.462 e. The molecule has 0 bridgehead atoms. The van der Waals surface area contributed by atoms with Crippen molar-refractivity contribution in [3.05, 3.63) is 41.4 Å². The van der Waals surface area contributed by atoms with Gasteiger partial charge < -0.3 is 9.47 Å². The number of methoxy groups -OCH3 is 1. The van der Waals surface area contributed by atoms with E-state index in [0.29, 0.717) is 11.4 Å². The number of carbonyl (C=O) groups excluding carboxylic acids is 1. The highest BCUT2D eigenvalue weighted by atomic mass is 16.5. The van der Waals surface area contributed by atoms with Crippen molar-refractivity contribution in [2.45, 2.75) is 13.5 Å². The number of esters is 1. The fraction of sp³-hybridized carbons (Fsp3) is 0.267. The average Bonchev–Trinajstić information content (AvgIpc) is 2.83. The van der Waals surface area contributed by atoms with E-state index in [4.69, 9.17) is 14.7 Å². The van der Waals surface area contributed by atoms with Crippen molar-refractivity contribution in [1.82, 2.24) is 9.38 Å². The Morgan fingerprint density at radius 2 is 2.33 bits per heavy atom. The number of carbonyl (C=O) groups is 1. The highest BCUT2D eigenvalue weighted by Gasteiger charge is 2.15. The van der Waals surface area contributed by atoms with Gasteiger partial charge in [0.2, 0.25) is 0 Å². The molecule has 0 aromatic carbocycles. The Hall–Kier alpha value is -2.65. The van der Waals surface area contributed by atoms with Gasteiger partial charge in [-0.1, -0.05) is 6.07 Å². The minimum absolute atomic E-state index is 0.0696. The van der Waals surface area contributed by atoms with Crippen molar-refractivity contribution >= 4 is 17.7 Å². The predicted octanol–water partition coefficient (Wildman–Crippen LogP) is 1.95. The second-order valence-electron chi connectivity index (χ2n) is 4.20. The number of hydrogen-bond donors (Lipinski definition) is 0. The van der Waals surface area contributed by atoms with Crippen molar-refractivity contribution in [2.75, 3.05) is 13.7 Å². The van der Waals surface area contributed by atoms with Crippen LogP contribution in [0.25, 0.3) is 11.7 Å². The first-order chi connectivity index (χ1) is 10.2. The molecule has 0 aliphatic heterocycles. The second kappa shape index (κ2) is 6.68. The van der Waals surface area contributed by atoms with E-state index in [9.17, 15) is 4.79 Å². The molecule has 0 radical (unpaired) electrons. The first kappa shape index (κ1) is 14.8. The Bertz CT molecular complexity index is 725. The van der Waals surface area contributed by atoms with Gasteiger partial charge in [0.15, 0.2) is 0 Å². The number of imidazole rings is 1. The number of nitriles is 1. The molecule has 6 nitrogen and oxygen atoms in total. The first-order valence-electron chi connectivity index (χ1n) is 6.45. The summed E-state index contributed by atoms with van der Waals surface area (Å²) in [6, 6.07) is 7.41. The van der Waals surface area contributed by atoms with Gasteiger partial charge in [0.1, 0.15) is 17.3 Å². The van der Waals surface area contributed by atoms with Crippen LogP contribution >= 0.6 is 0 Å². The third kappa shape index (κ3) is 3.09. The van der Waals surface area contributed by atoms with Gasteiger partial charge >= 0.3 is 5.97 Å². The van der Waals surface area contributed by atoms with Crippen LogP contribution in [0.3, 0.4) is 0 Å². The van der Waals surface area contributed by atoms with Gasteiger partial charge in [-0.25, -0.2) is 9.78 Å². The van der Waals surface area contributed by atoms with Crippen LogP contribution in [0.4, 0.5) is 0 Å². The second-order valence-corrected chi connectivity index (χ2v) is 4.20. The molecule has 0 saturated heterocycles. The molecule has 0 atom stereocenters. The van der Waals surface area contributed by atoms with E-state index >= 15 is 0 Å². The van der Waals surface area contributed by atoms with Crippen molar-refractivity contribution in [2.24, 2.45) is 0 Å². The van der Waals surface area contributed by atoms with Crippen LogP contribution < -0.4 is 0 Å². The number of nitrogens with zero attached hydrogens (tertiary/aromatic N) is 3. The zero-order valence-electron chi connectivity index (χ0n) is 11.9. The first-order valence-corrected chi connectivity index (χ1v) is 6.45. The van der Waals surface area contributed by atoms with Gasteiger partial charge in [-0.2, -0.15) is 5.26 Å². The van der Waals surface area contributed by atoms with Gasteiger partial charge in [0.05, 0.1) is 24.6 Å². The molecule has 0 amide bonds. The molecule has 2 heterocycles. The van der Waals surface area contributed by atoms with E-state index in [2.05, 4.69) is 4.98 Å². The molecule has 21 heavy (non-hydrogen) atoms. The highest BCUT2D eigenvalue weighted by molar-refractivity contribution is 5.97. The summed E-state index contributed by atoms with van der Waals surface area (Å²) in [5.74, 6) is -0.644. The van der Waals surface area contributed by atoms with E-state index in [0.717, 1.165) is 5.65 Å². The number of ether oxygens (including phenoxy) is 2. The molecular formula is C15H15N3O3. The maximum absolute atomic E-state index is 11.7. The molecule has 0 aliphatic carbocycles.